The van der Waals surface area contributed by atoms with E-state index in [1.54, 1.807) is 11.3 Å². The van der Waals surface area contributed by atoms with Gasteiger partial charge in [-0.3, -0.25) is 0 Å². The molecule has 0 spiro atoms. The van der Waals surface area contributed by atoms with Crippen LogP contribution in [0.15, 0.2) is 29.6 Å². The second-order valence-electron chi connectivity index (χ2n) is 3.51. The molecule has 1 unspecified atom stereocenters. The lowest BCUT2D eigenvalue weighted by molar-refractivity contribution is 0.220. The van der Waals surface area contributed by atoms with Crippen molar-refractivity contribution in [2.45, 2.75) is 13.0 Å². The Morgan fingerprint density at radius 2 is 2.12 bits per heavy atom. The number of halogens is 2. The average Bonchev–Trinajstić information content (AvgIpc) is 2.67. The van der Waals surface area contributed by atoms with Crippen LogP contribution in [0.3, 0.4) is 0 Å². The Morgan fingerprint density at radius 1 is 1.38 bits per heavy atom. The zero-order valence-electron chi connectivity index (χ0n) is 8.58. The van der Waals surface area contributed by atoms with E-state index in [0.29, 0.717) is 5.02 Å². The minimum Gasteiger partial charge on any atom is -0.384 e. The number of aryl methyl sites for hydroxylation is 1. The van der Waals surface area contributed by atoms with Crippen molar-refractivity contribution in [2.75, 3.05) is 0 Å². The van der Waals surface area contributed by atoms with Crippen molar-refractivity contribution in [3.05, 3.63) is 54.2 Å². The van der Waals surface area contributed by atoms with E-state index < -0.39 is 6.10 Å². The average molecular weight is 365 g/mol. The topological polar surface area (TPSA) is 20.2 Å². The van der Waals surface area contributed by atoms with Gasteiger partial charge in [-0.1, -0.05) is 17.7 Å². The van der Waals surface area contributed by atoms with Crippen molar-refractivity contribution in [1.82, 2.24) is 0 Å². The van der Waals surface area contributed by atoms with E-state index in [4.69, 9.17) is 11.6 Å². The molecule has 0 fully saturated rings. The van der Waals surface area contributed by atoms with Gasteiger partial charge in [-0.05, 0) is 64.2 Å². The van der Waals surface area contributed by atoms with Crippen LogP contribution in [0.25, 0.3) is 0 Å². The number of benzene rings is 1. The van der Waals surface area contributed by atoms with Crippen LogP contribution in [0, 0.1) is 10.5 Å². The maximum Gasteiger partial charge on any atom is 0.105 e. The van der Waals surface area contributed by atoms with Gasteiger partial charge < -0.3 is 5.11 Å². The maximum absolute atomic E-state index is 10.2. The molecule has 1 nitrogen and oxygen atoms in total. The van der Waals surface area contributed by atoms with Gasteiger partial charge in [-0.15, -0.1) is 11.3 Å². The quantitative estimate of drug-likeness (QED) is 0.783. The van der Waals surface area contributed by atoms with Crippen LogP contribution in [-0.4, -0.2) is 5.11 Å². The first kappa shape index (κ1) is 12.4. The fourth-order valence-electron chi connectivity index (χ4n) is 1.54. The molecule has 1 heterocycles. The van der Waals surface area contributed by atoms with Crippen LogP contribution in [0.5, 0.6) is 0 Å². The SMILES string of the molecule is Cc1sccc1C(O)c1ccc(I)c(Cl)c1. The van der Waals surface area contributed by atoms with Crippen molar-refractivity contribution in [1.29, 1.82) is 0 Å². The second kappa shape index (κ2) is 5.04. The van der Waals surface area contributed by atoms with Crippen LogP contribution in [-0.2, 0) is 0 Å². The van der Waals surface area contributed by atoms with Gasteiger partial charge in [0.05, 0.1) is 5.02 Å². The summed E-state index contributed by atoms with van der Waals surface area (Å²) in [6.45, 7) is 2.01. The molecule has 84 valence electrons. The number of aliphatic hydroxyl groups is 1. The molecule has 0 saturated carbocycles. The molecule has 0 aliphatic rings. The molecule has 2 aromatic rings. The Bertz CT molecular complexity index is 509. The van der Waals surface area contributed by atoms with E-state index >= 15 is 0 Å². The molecule has 2 rings (SSSR count). The minimum absolute atomic E-state index is 0.583. The highest BCUT2D eigenvalue weighted by molar-refractivity contribution is 14.1. The molecular weight excluding hydrogens is 355 g/mol. The Morgan fingerprint density at radius 3 is 2.69 bits per heavy atom. The zero-order chi connectivity index (χ0) is 11.7. The summed E-state index contributed by atoms with van der Waals surface area (Å²) in [7, 11) is 0. The summed E-state index contributed by atoms with van der Waals surface area (Å²) < 4.78 is 0.997. The van der Waals surface area contributed by atoms with Gasteiger partial charge in [0.2, 0.25) is 0 Å². The summed E-state index contributed by atoms with van der Waals surface area (Å²) in [5, 5.41) is 12.9. The largest absolute Gasteiger partial charge is 0.384 e. The zero-order valence-corrected chi connectivity index (χ0v) is 12.3. The van der Waals surface area contributed by atoms with Gasteiger partial charge in [0.15, 0.2) is 0 Å². The van der Waals surface area contributed by atoms with E-state index in [-0.39, 0.29) is 0 Å². The highest BCUT2D eigenvalue weighted by atomic mass is 127. The Labute approximate surface area is 117 Å². The Hall–Kier alpha value is -0.100. The third kappa shape index (κ3) is 2.42. The summed E-state index contributed by atoms with van der Waals surface area (Å²) in [6, 6.07) is 7.61. The molecule has 0 amide bonds. The molecule has 0 aliphatic heterocycles. The molecule has 1 atom stereocenters. The third-order valence-electron chi connectivity index (χ3n) is 2.45. The first-order chi connectivity index (χ1) is 7.59. The molecule has 1 N–H and O–H groups in total. The Balaban J connectivity index is 2.38. The molecule has 0 saturated heterocycles. The molecule has 4 heteroatoms. The van der Waals surface area contributed by atoms with Gasteiger partial charge >= 0.3 is 0 Å². The number of hydrogen-bond donors (Lipinski definition) is 1. The fraction of sp³-hybridized carbons (Fsp3) is 0.167. The molecule has 1 aromatic carbocycles. The van der Waals surface area contributed by atoms with Crippen LogP contribution in [0.2, 0.25) is 5.02 Å². The van der Waals surface area contributed by atoms with E-state index in [9.17, 15) is 5.11 Å². The van der Waals surface area contributed by atoms with Crippen LogP contribution < -0.4 is 0 Å². The van der Waals surface area contributed by atoms with Crippen molar-refractivity contribution in [2.24, 2.45) is 0 Å². The molecule has 0 bridgehead atoms. The number of hydrogen-bond acceptors (Lipinski definition) is 2. The van der Waals surface area contributed by atoms with Crippen molar-refractivity contribution < 1.29 is 5.11 Å². The van der Waals surface area contributed by atoms with E-state index in [2.05, 4.69) is 22.6 Å². The predicted octanol–water partition coefficient (Wildman–Crippen LogP) is 4.40. The number of aliphatic hydroxyl groups excluding tert-OH is 1. The monoisotopic (exact) mass is 364 g/mol. The summed E-state index contributed by atoms with van der Waals surface area (Å²) >= 11 is 9.86. The summed E-state index contributed by atoms with van der Waals surface area (Å²) in [6.07, 6.45) is -0.583. The molecule has 0 aliphatic carbocycles. The van der Waals surface area contributed by atoms with Crippen LogP contribution in [0.1, 0.15) is 22.1 Å². The minimum atomic E-state index is -0.583. The van der Waals surface area contributed by atoms with Crippen LogP contribution in [0.4, 0.5) is 0 Å². The number of thiophene rings is 1. The first-order valence-electron chi connectivity index (χ1n) is 4.76. The highest BCUT2D eigenvalue weighted by Gasteiger charge is 2.14. The fourth-order valence-corrected chi connectivity index (χ4v) is 2.80. The predicted molar refractivity (Wildman–Crippen MR) is 77.3 cm³/mol. The lowest BCUT2D eigenvalue weighted by Gasteiger charge is -2.11. The van der Waals surface area contributed by atoms with E-state index in [1.807, 2.05) is 36.6 Å². The lowest BCUT2D eigenvalue weighted by Crippen LogP contribution is -1.99. The van der Waals surface area contributed by atoms with Gasteiger partial charge in [-0.25, -0.2) is 0 Å². The molecule has 16 heavy (non-hydrogen) atoms. The Kier molecular flexibility index (Phi) is 3.89. The van der Waals surface area contributed by atoms with Crippen molar-refractivity contribution in [3.63, 3.8) is 0 Å². The second-order valence-corrected chi connectivity index (χ2v) is 6.20. The van der Waals surface area contributed by atoms with Gasteiger partial charge in [0.1, 0.15) is 6.10 Å². The van der Waals surface area contributed by atoms with Gasteiger partial charge in [-0.2, -0.15) is 0 Å². The van der Waals surface area contributed by atoms with E-state index in [1.165, 1.54) is 0 Å². The highest BCUT2D eigenvalue weighted by Crippen LogP contribution is 2.30. The summed E-state index contributed by atoms with van der Waals surface area (Å²) in [5.41, 5.74) is 1.80. The first-order valence-corrected chi connectivity index (χ1v) is 7.10. The molecular formula is C12H10ClIOS. The third-order valence-corrected chi connectivity index (χ3v) is 4.89. The van der Waals surface area contributed by atoms with Crippen molar-refractivity contribution >= 4 is 45.5 Å². The lowest BCUT2D eigenvalue weighted by atomic mass is 10.0. The van der Waals surface area contributed by atoms with Crippen molar-refractivity contribution in [3.8, 4) is 0 Å². The molecule has 0 radical (unpaired) electrons. The maximum atomic E-state index is 10.2. The van der Waals surface area contributed by atoms with Crippen LogP contribution >= 0.6 is 45.5 Å². The van der Waals surface area contributed by atoms with E-state index in [0.717, 1.165) is 19.6 Å². The smallest absolute Gasteiger partial charge is 0.105 e. The summed E-state index contributed by atoms with van der Waals surface area (Å²) in [5.74, 6) is 0. The van der Waals surface area contributed by atoms with Gasteiger partial charge in [0, 0.05) is 8.45 Å². The van der Waals surface area contributed by atoms with Gasteiger partial charge in [0.25, 0.3) is 0 Å². The standard InChI is InChI=1S/C12H10ClIOS/c1-7-9(4-5-16-7)12(15)8-2-3-11(14)10(13)6-8/h2-6,12,15H,1H3. The normalized spacial score (nSPS) is 12.8. The molecule has 1 aromatic heterocycles. The number of rotatable bonds is 2. The summed E-state index contributed by atoms with van der Waals surface area (Å²) in [4.78, 5) is 1.14.